The van der Waals surface area contributed by atoms with Crippen LogP contribution in [0.15, 0.2) is 12.1 Å². The maximum Gasteiger partial charge on any atom is 0.220 e. The summed E-state index contributed by atoms with van der Waals surface area (Å²) in [7, 11) is 1.48. The molecule has 18 heavy (non-hydrogen) atoms. The Morgan fingerprint density at radius 3 is 2.94 bits per heavy atom. The molecule has 1 aliphatic rings. The summed E-state index contributed by atoms with van der Waals surface area (Å²) in [5.74, 6) is 0.0346. The summed E-state index contributed by atoms with van der Waals surface area (Å²) in [6.07, 6.45) is 1.13. The van der Waals surface area contributed by atoms with E-state index >= 15 is 0 Å². The van der Waals surface area contributed by atoms with Gasteiger partial charge in [0.05, 0.1) is 18.5 Å². The lowest BCUT2D eigenvalue weighted by Gasteiger charge is -2.25. The Morgan fingerprint density at radius 1 is 1.56 bits per heavy atom. The standard InChI is InChI=1S/C12H16FN3O2/c1-18-11-5-10(8(13)4-9(11)14)16-7-2-3-12(17)15-6-7/h4-5,7,16H,2-3,6,14H2,1H3,(H,15,17). The van der Waals surface area contributed by atoms with E-state index in [0.717, 1.165) is 0 Å². The molecule has 1 heterocycles. The Kier molecular flexibility index (Phi) is 3.55. The summed E-state index contributed by atoms with van der Waals surface area (Å²) in [6, 6.07) is 2.77. The Balaban J connectivity index is 2.11. The summed E-state index contributed by atoms with van der Waals surface area (Å²) in [4.78, 5) is 11.0. The van der Waals surface area contributed by atoms with E-state index in [0.29, 0.717) is 30.8 Å². The fraction of sp³-hybridized carbons (Fsp3) is 0.417. The SMILES string of the molecule is COc1cc(NC2CCC(=O)NC2)c(F)cc1N. The van der Waals surface area contributed by atoms with Gasteiger partial charge in [0.15, 0.2) is 0 Å². The van der Waals surface area contributed by atoms with Gasteiger partial charge in [-0.3, -0.25) is 4.79 Å². The van der Waals surface area contributed by atoms with Gasteiger partial charge in [-0.25, -0.2) is 4.39 Å². The molecule has 1 atom stereocenters. The van der Waals surface area contributed by atoms with Gasteiger partial charge < -0.3 is 21.1 Å². The van der Waals surface area contributed by atoms with Crippen molar-refractivity contribution in [1.29, 1.82) is 0 Å². The second-order valence-corrected chi connectivity index (χ2v) is 4.26. The number of rotatable bonds is 3. The van der Waals surface area contributed by atoms with Crippen molar-refractivity contribution >= 4 is 17.3 Å². The molecule has 0 saturated carbocycles. The van der Waals surface area contributed by atoms with Crippen LogP contribution in [0.3, 0.4) is 0 Å². The summed E-state index contributed by atoms with van der Waals surface area (Å²) in [5.41, 5.74) is 6.20. The molecule has 0 bridgehead atoms. The monoisotopic (exact) mass is 253 g/mol. The molecule has 98 valence electrons. The first-order chi connectivity index (χ1) is 8.60. The number of benzene rings is 1. The average molecular weight is 253 g/mol. The number of piperidine rings is 1. The van der Waals surface area contributed by atoms with Gasteiger partial charge in [-0.05, 0) is 6.42 Å². The number of nitrogen functional groups attached to an aromatic ring is 1. The molecule has 0 radical (unpaired) electrons. The van der Waals surface area contributed by atoms with Crippen molar-refractivity contribution in [2.24, 2.45) is 0 Å². The number of amides is 1. The van der Waals surface area contributed by atoms with Crippen LogP contribution in [0.4, 0.5) is 15.8 Å². The van der Waals surface area contributed by atoms with Crippen LogP contribution in [0, 0.1) is 5.82 Å². The third-order valence-corrected chi connectivity index (χ3v) is 2.94. The number of anilines is 2. The number of hydrogen-bond donors (Lipinski definition) is 3. The van der Waals surface area contributed by atoms with Gasteiger partial charge in [-0.15, -0.1) is 0 Å². The van der Waals surface area contributed by atoms with Crippen LogP contribution in [0.1, 0.15) is 12.8 Å². The Bertz CT molecular complexity index is 455. The Labute approximate surface area is 104 Å². The van der Waals surface area contributed by atoms with E-state index in [-0.39, 0.29) is 17.6 Å². The minimum Gasteiger partial charge on any atom is -0.495 e. The van der Waals surface area contributed by atoms with E-state index in [2.05, 4.69) is 10.6 Å². The molecule has 1 fully saturated rings. The lowest BCUT2D eigenvalue weighted by Crippen LogP contribution is -2.42. The smallest absolute Gasteiger partial charge is 0.220 e. The molecule has 1 aromatic carbocycles. The van der Waals surface area contributed by atoms with E-state index in [1.807, 2.05) is 0 Å². The molecule has 0 aliphatic carbocycles. The molecule has 0 spiro atoms. The lowest BCUT2D eigenvalue weighted by molar-refractivity contribution is -0.122. The molecule has 0 aromatic heterocycles. The quantitative estimate of drug-likeness (QED) is 0.705. The van der Waals surface area contributed by atoms with Crippen molar-refractivity contribution in [3.8, 4) is 5.75 Å². The van der Waals surface area contributed by atoms with Gasteiger partial charge in [0.1, 0.15) is 11.6 Å². The van der Waals surface area contributed by atoms with E-state index in [1.54, 1.807) is 0 Å². The van der Waals surface area contributed by atoms with Crippen LogP contribution < -0.4 is 21.1 Å². The predicted molar refractivity (Wildman–Crippen MR) is 67.0 cm³/mol. The van der Waals surface area contributed by atoms with Gasteiger partial charge >= 0.3 is 0 Å². The topological polar surface area (TPSA) is 76.4 Å². The number of carbonyl (C=O) groups excluding carboxylic acids is 1. The van der Waals surface area contributed by atoms with E-state index < -0.39 is 5.82 Å². The molecular formula is C12H16FN3O2. The third kappa shape index (κ3) is 2.64. The normalized spacial score (nSPS) is 19.2. The van der Waals surface area contributed by atoms with Crippen molar-refractivity contribution in [2.45, 2.75) is 18.9 Å². The molecule has 1 saturated heterocycles. The van der Waals surface area contributed by atoms with Crippen molar-refractivity contribution in [3.05, 3.63) is 17.9 Å². The van der Waals surface area contributed by atoms with Crippen molar-refractivity contribution in [1.82, 2.24) is 5.32 Å². The minimum atomic E-state index is -0.426. The first-order valence-corrected chi connectivity index (χ1v) is 5.76. The highest BCUT2D eigenvalue weighted by Gasteiger charge is 2.19. The number of nitrogens with one attached hydrogen (secondary N) is 2. The predicted octanol–water partition coefficient (Wildman–Crippen LogP) is 1.11. The zero-order chi connectivity index (χ0) is 13.1. The van der Waals surface area contributed by atoms with Gasteiger partial charge in [0.25, 0.3) is 0 Å². The molecule has 4 N–H and O–H groups in total. The highest BCUT2D eigenvalue weighted by atomic mass is 19.1. The zero-order valence-electron chi connectivity index (χ0n) is 10.1. The number of hydrogen-bond acceptors (Lipinski definition) is 4. The van der Waals surface area contributed by atoms with Crippen molar-refractivity contribution < 1.29 is 13.9 Å². The molecule has 2 rings (SSSR count). The van der Waals surface area contributed by atoms with Crippen molar-refractivity contribution in [3.63, 3.8) is 0 Å². The van der Waals surface area contributed by atoms with Crippen LogP contribution >= 0.6 is 0 Å². The Morgan fingerprint density at radius 2 is 2.33 bits per heavy atom. The summed E-state index contributed by atoms with van der Waals surface area (Å²) < 4.78 is 18.8. The van der Waals surface area contributed by atoms with Gasteiger partial charge in [0.2, 0.25) is 5.91 Å². The number of halogens is 1. The van der Waals surface area contributed by atoms with Gasteiger partial charge in [0, 0.05) is 31.1 Å². The summed E-state index contributed by atoms with van der Waals surface area (Å²) in [6.45, 7) is 0.491. The highest BCUT2D eigenvalue weighted by Crippen LogP contribution is 2.29. The fourth-order valence-corrected chi connectivity index (χ4v) is 1.93. The molecule has 1 amide bonds. The number of nitrogens with two attached hydrogens (primary N) is 1. The van der Waals surface area contributed by atoms with Crippen LogP contribution in [-0.2, 0) is 4.79 Å². The second kappa shape index (κ2) is 5.12. The van der Waals surface area contributed by atoms with Crippen LogP contribution in [-0.4, -0.2) is 25.6 Å². The fourth-order valence-electron chi connectivity index (χ4n) is 1.93. The molecular weight excluding hydrogens is 237 g/mol. The van der Waals surface area contributed by atoms with Gasteiger partial charge in [-0.1, -0.05) is 0 Å². The first-order valence-electron chi connectivity index (χ1n) is 5.76. The van der Waals surface area contributed by atoms with Crippen LogP contribution in [0.2, 0.25) is 0 Å². The van der Waals surface area contributed by atoms with E-state index in [1.165, 1.54) is 19.2 Å². The van der Waals surface area contributed by atoms with Crippen LogP contribution in [0.5, 0.6) is 5.75 Å². The van der Waals surface area contributed by atoms with Gasteiger partial charge in [-0.2, -0.15) is 0 Å². The Hall–Kier alpha value is -1.98. The summed E-state index contributed by atoms with van der Waals surface area (Å²) in [5, 5.41) is 5.78. The van der Waals surface area contributed by atoms with Crippen molar-refractivity contribution in [2.75, 3.05) is 24.7 Å². The number of ether oxygens (including phenoxy) is 1. The zero-order valence-corrected chi connectivity index (χ0v) is 10.1. The van der Waals surface area contributed by atoms with E-state index in [4.69, 9.17) is 10.5 Å². The maximum atomic E-state index is 13.7. The molecule has 1 aromatic rings. The maximum absolute atomic E-state index is 13.7. The average Bonchev–Trinajstić information content (AvgIpc) is 2.35. The number of methoxy groups -OCH3 is 1. The lowest BCUT2D eigenvalue weighted by atomic mass is 10.1. The highest BCUT2D eigenvalue weighted by molar-refractivity contribution is 5.77. The third-order valence-electron chi connectivity index (χ3n) is 2.94. The summed E-state index contributed by atoms with van der Waals surface area (Å²) >= 11 is 0. The van der Waals surface area contributed by atoms with E-state index in [9.17, 15) is 9.18 Å². The molecule has 5 nitrogen and oxygen atoms in total. The van der Waals surface area contributed by atoms with Crippen LogP contribution in [0.25, 0.3) is 0 Å². The number of carbonyl (C=O) groups is 1. The second-order valence-electron chi connectivity index (χ2n) is 4.26. The molecule has 6 heteroatoms. The molecule has 1 aliphatic heterocycles. The largest absolute Gasteiger partial charge is 0.495 e. The first kappa shape index (κ1) is 12.5. The minimum absolute atomic E-state index is 0.0190. The molecule has 1 unspecified atom stereocenters.